The van der Waals surface area contributed by atoms with E-state index in [0.29, 0.717) is 19.7 Å². The summed E-state index contributed by atoms with van der Waals surface area (Å²) in [6, 6.07) is 5.05. The molecule has 0 spiro atoms. The number of amides is 1. The summed E-state index contributed by atoms with van der Waals surface area (Å²) in [5.74, 6) is -0.183. The first-order chi connectivity index (χ1) is 9.17. The predicted molar refractivity (Wildman–Crippen MR) is 73.2 cm³/mol. The number of carbonyl (C=O) groups excluding carboxylic acids is 1. The molecule has 0 saturated carbocycles. The molecule has 104 valence electrons. The van der Waals surface area contributed by atoms with Crippen LogP contribution in [0.1, 0.15) is 11.6 Å². The van der Waals surface area contributed by atoms with Crippen molar-refractivity contribution in [1.29, 1.82) is 0 Å². The molecule has 2 rings (SSSR count). The zero-order valence-electron chi connectivity index (χ0n) is 10.9. The lowest BCUT2D eigenvalue weighted by Crippen LogP contribution is -2.30. The van der Waals surface area contributed by atoms with Crippen LogP contribution in [-0.4, -0.2) is 44.4 Å². The van der Waals surface area contributed by atoms with Crippen molar-refractivity contribution >= 4 is 17.3 Å². The van der Waals surface area contributed by atoms with Crippen molar-refractivity contribution in [1.82, 2.24) is 0 Å². The minimum Gasteiger partial charge on any atom is -0.395 e. The quantitative estimate of drug-likeness (QED) is 0.678. The lowest BCUT2D eigenvalue weighted by atomic mass is 10.1. The number of aliphatic hydroxyl groups excluding tert-OH is 1. The van der Waals surface area contributed by atoms with Crippen LogP contribution in [-0.2, 0) is 9.53 Å². The molecule has 1 aromatic rings. The van der Waals surface area contributed by atoms with Crippen LogP contribution in [0.15, 0.2) is 18.2 Å². The summed E-state index contributed by atoms with van der Waals surface area (Å²) in [5, 5.41) is 11.9. The number of methoxy groups -OCH3 is 1. The van der Waals surface area contributed by atoms with Crippen LogP contribution in [0.4, 0.5) is 11.4 Å². The van der Waals surface area contributed by atoms with Gasteiger partial charge in [-0.3, -0.25) is 4.79 Å². The van der Waals surface area contributed by atoms with Gasteiger partial charge in [0.2, 0.25) is 5.91 Å². The van der Waals surface area contributed by atoms with Crippen molar-refractivity contribution in [3.8, 4) is 0 Å². The second kappa shape index (κ2) is 6.01. The Labute approximate surface area is 112 Å². The highest BCUT2D eigenvalue weighted by atomic mass is 16.5. The molecule has 19 heavy (non-hydrogen) atoms. The summed E-state index contributed by atoms with van der Waals surface area (Å²) in [5.41, 5.74) is 8.25. The number of ether oxygens (including phenoxy) is 1. The Balaban J connectivity index is 2.20. The van der Waals surface area contributed by atoms with Crippen molar-refractivity contribution in [2.24, 2.45) is 5.73 Å². The molecule has 4 N–H and O–H groups in total. The minimum atomic E-state index is -0.589. The Bertz CT molecular complexity index is 464. The van der Waals surface area contributed by atoms with E-state index in [0.717, 1.165) is 16.9 Å². The Morgan fingerprint density at radius 1 is 1.47 bits per heavy atom. The molecule has 1 aliphatic rings. The zero-order chi connectivity index (χ0) is 13.8. The number of nitrogens with one attached hydrogen (secondary N) is 1. The molecule has 0 bridgehead atoms. The molecule has 1 aliphatic heterocycles. The maximum absolute atomic E-state index is 11.5. The van der Waals surface area contributed by atoms with Crippen molar-refractivity contribution in [2.75, 3.05) is 43.6 Å². The smallest absolute Gasteiger partial charge is 0.245 e. The lowest BCUT2D eigenvalue weighted by molar-refractivity contribution is -0.116. The first-order valence-corrected chi connectivity index (χ1v) is 6.22. The van der Waals surface area contributed by atoms with E-state index < -0.39 is 6.04 Å². The number of nitrogens with zero attached hydrogens (tertiary/aromatic N) is 1. The summed E-state index contributed by atoms with van der Waals surface area (Å²) in [4.78, 5) is 13.5. The summed E-state index contributed by atoms with van der Waals surface area (Å²) in [6.07, 6.45) is 0. The Kier molecular flexibility index (Phi) is 4.36. The van der Waals surface area contributed by atoms with E-state index in [-0.39, 0.29) is 12.5 Å². The summed E-state index contributed by atoms with van der Waals surface area (Å²) < 4.78 is 5.05. The lowest BCUT2D eigenvalue weighted by Gasteiger charge is -2.24. The largest absolute Gasteiger partial charge is 0.395 e. The monoisotopic (exact) mass is 265 g/mol. The fourth-order valence-electron chi connectivity index (χ4n) is 2.16. The topological polar surface area (TPSA) is 87.8 Å². The van der Waals surface area contributed by atoms with Crippen LogP contribution in [0.5, 0.6) is 0 Å². The van der Waals surface area contributed by atoms with Crippen molar-refractivity contribution in [3.63, 3.8) is 0 Å². The number of carbonyl (C=O) groups is 1. The van der Waals surface area contributed by atoms with E-state index in [4.69, 9.17) is 15.6 Å². The number of benzene rings is 1. The van der Waals surface area contributed by atoms with E-state index in [9.17, 15) is 4.79 Å². The maximum atomic E-state index is 11.5. The second-order valence-electron chi connectivity index (χ2n) is 4.44. The number of anilines is 2. The predicted octanol–water partition coefficient (Wildman–Crippen LogP) is 0.0836. The van der Waals surface area contributed by atoms with E-state index in [1.54, 1.807) is 7.11 Å². The Morgan fingerprint density at radius 3 is 2.95 bits per heavy atom. The van der Waals surface area contributed by atoms with Crippen LogP contribution in [0.25, 0.3) is 0 Å². The van der Waals surface area contributed by atoms with Gasteiger partial charge in [-0.05, 0) is 12.1 Å². The van der Waals surface area contributed by atoms with E-state index in [1.807, 2.05) is 23.1 Å². The highest BCUT2D eigenvalue weighted by Crippen LogP contribution is 2.32. The van der Waals surface area contributed by atoms with Gasteiger partial charge in [-0.15, -0.1) is 0 Å². The average molecular weight is 265 g/mol. The molecule has 6 nitrogen and oxygen atoms in total. The molecule has 0 aliphatic carbocycles. The molecule has 1 heterocycles. The highest BCUT2D eigenvalue weighted by Gasteiger charge is 2.27. The van der Waals surface area contributed by atoms with Gasteiger partial charge < -0.3 is 25.8 Å². The molecule has 0 aromatic heterocycles. The fraction of sp³-hybridized carbons (Fsp3) is 0.462. The first kappa shape index (κ1) is 13.8. The molecule has 1 amide bonds. The molecule has 0 fully saturated rings. The molecular weight excluding hydrogens is 246 g/mol. The number of aliphatic hydroxyl groups is 1. The van der Waals surface area contributed by atoms with Crippen LogP contribution < -0.4 is 16.0 Å². The summed E-state index contributed by atoms with van der Waals surface area (Å²) in [7, 11) is 1.64. The van der Waals surface area contributed by atoms with Gasteiger partial charge in [-0.1, -0.05) is 6.07 Å². The van der Waals surface area contributed by atoms with Crippen LogP contribution >= 0.6 is 0 Å². The van der Waals surface area contributed by atoms with Crippen LogP contribution in [0.3, 0.4) is 0 Å². The first-order valence-electron chi connectivity index (χ1n) is 6.22. The molecule has 0 saturated heterocycles. The third-order valence-corrected chi connectivity index (χ3v) is 3.21. The Hall–Kier alpha value is -1.63. The van der Waals surface area contributed by atoms with Gasteiger partial charge in [0.15, 0.2) is 0 Å². The van der Waals surface area contributed by atoms with Crippen molar-refractivity contribution in [2.45, 2.75) is 6.04 Å². The normalized spacial score (nSPS) is 17.2. The fourth-order valence-corrected chi connectivity index (χ4v) is 2.16. The molecular formula is C13H19N3O3. The average Bonchev–Trinajstić information content (AvgIpc) is 2.69. The molecule has 1 atom stereocenters. The second-order valence-corrected chi connectivity index (χ2v) is 4.44. The van der Waals surface area contributed by atoms with Gasteiger partial charge in [0.25, 0.3) is 0 Å². The van der Waals surface area contributed by atoms with Crippen molar-refractivity contribution < 1.29 is 14.6 Å². The summed E-state index contributed by atoms with van der Waals surface area (Å²) >= 11 is 0. The SMILES string of the molecule is COCCN(CCO)c1ccc2c(c1)NC(=O)C2N. The van der Waals surface area contributed by atoms with Gasteiger partial charge in [0, 0.05) is 37.1 Å². The third-order valence-electron chi connectivity index (χ3n) is 3.21. The minimum absolute atomic E-state index is 0.0622. The van der Waals surface area contributed by atoms with Gasteiger partial charge in [-0.2, -0.15) is 0 Å². The highest BCUT2D eigenvalue weighted by molar-refractivity contribution is 6.02. The maximum Gasteiger partial charge on any atom is 0.245 e. The molecule has 0 radical (unpaired) electrons. The van der Waals surface area contributed by atoms with Crippen molar-refractivity contribution in [3.05, 3.63) is 23.8 Å². The van der Waals surface area contributed by atoms with Gasteiger partial charge >= 0.3 is 0 Å². The van der Waals surface area contributed by atoms with Crippen LogP contribution in [0.2, 0.25) is 0 Å². The van der Waals surface area contributed by atoms with E-state index >= 15 is 0 Å². The summed E-state index contributed by atoms with van der Waals surface area (Å²) in [6.45, 7) is 1.83. The molecule has 1 aromatic carbocycles. The number of hydrogen-bond donors (Lipinski definition) is 3. The third kappa shape index (κ3) is 2.86. The molecule has 1 unspecified atom stereocenters. The van der Waals surface area contributed by atoms with Crippen LogP contribution in [0, 0.1) is 0 Å². The molecule has 6 heteroatoms. The Morgan fingerprint density at radius 2 is 2.26 bits per heavy atom. The van der Waals surface area contributed by atoms with Gasteiger partial charge in [0.05, 0.1) is 13.2 Å². The van der Waals surface area contributed by atoms with E-state index in [1.165, 1.54) is 0 Å². The number of fused-ring (bicyclic) bond motifs is 1. The number of nitrogens with two attached hydrogens (primary N) is 1. The van der Waals surface area contributed by atoms with Gasteiger partial charge in [-0.25, -0.2) is 0 Å². The van der Waals surface area contributed by atoms with Gasteiger partial charge in [0.1, 0.15) is 6.04 Å². The van der Waals surface area contributed by atoms with E-state index in [2.05, 4.69) is 5.32 Å². The zero-order valence-corrected chi connectivity index (χ0v) is 10.9. The number of hydrogen-bond acceptors (Lipinski definition) is 5. The number of rotatable bonds is 6. The standard InChI is InChI=1S/C13H19N3O3/c1-19-7-5-16(4-6-17)9-2-3-10-11(8-9)15-13(18)12(10)14/h2-3,8,12,17H,4-7,14H2,1H3,(H,15,18).